The van der Waals surface area contributed by atoms with Crippen molar-refractivity contribution in [2.75, 3.05) is 11.9 Å². The van der Waals surface area contributed by atoms with Gasteiger partial charge in [-0.25, -0.2) is 9.97 Å². The minimum absolute atomic E-state index is 0.203. The molecule has 0 aliphatic rings. The normalized spacial score (nSPS) is 12.2. The summed E-state index contributed by atoms with van der Waals surface area (Å²) in [6.45, 7) is 9.42. The van der Waals surface area contributed by atoms with Crippen molar-refractivity contribution < 1.29 is 4.74 Å². The number of rotatable bonds is 8. The Balaban J connectivity index is 2.83. The van der Waals surface area contributed by atoms with Crippen LogP contribution in [0.25, 0.3) is 0 Å². The zero-order valence-corrected chi connectivity index (χ0v) is 12.0. The maximum atomic E-state index is 5.91. The summed E-state index contributed by atoms with van der Waals surface area (Å²) >= 11 is 0. The van der Waals surface area contributed by atoms with E-state index in [1.165, 1.54) is 0 Å². The first-order chi connectivity index (χ1) is 8.72. The fraction of sp³-hybridized carbons (Fsp3) is 0.714. The third kappa shape index (κ3) is 4.17. The second kappa shape index (κ2) is 7.90. The van der Waals surface area contributed by atoms with Crippen LogP contribution in [-0.2, 0) is 6.42 Å². The van der Waals surface area contributed by atoms with Crippen LogP contribution in [0.3, 0.4) is 0 Å². The van der Waals surface area contributed by atoms with Crippen molar-refractivity contribution in [3.05, 3.63) is 11.9 Å². The lowest BCUT2D eigenvalue weighted by Crippen LogP contribution is -2.15. The smallest absolute Gasteiger partial charge is 0.222 e. The van der Waals surface area contributed by atoms with Crippen molar-refractivity contribution in [3.63, 3.8) is 0 Å². The van der Waals surface area contributed by atoms with Crippen molar-refractivity contribution in [1.29, 1.82) is 0 Å². The number of anilines is 1. The van der Waals surface area contributed by atoms with E-state index in [0.717, 1.165) is 49.5 Å². The van der Waals surface area contributed by atoms with Crippen LogP contribution in [0.15, 0.2) is 6.33 Å². The van der Waals surface area contributed by atoms with Crippen molar-refractivity contribution in [2.24, 2.45) is 0 Å². The van der Waals surface area contributed by atoms with E-state index in [9.17, 15) is 0 Å². The summed E-state index contributed by atoms with van der Waals surface area (Å²) in [4.78, 5) is 8.57. The van der Waals surface area contributed by atoms with Crippen LogP contribution in [0.1, 0.15) is 52.5 Å². The van der Waals surface area contributed by atoms with Gasteiger partial charge in [-0.2, -0.15) is 0 Å². The molecule has 18 heavy (non-hydrogen) atoms. The molecule has 1 aromatic heterocycles. The summed E-state index contributed by atoms with van der Waals surface area (Å²) in [6.07, 6.45) is 5.90. The molecule has 0 fully saturated rings. The molecule has 1 N–H and O–H groups in total. The van der Waals surface area contributed by atoms with Crippen LogP contribution in [0.2, 0.25) is 0 Å². The number of aromatic nitrogens is 2. The van der Waals surface area contributed by atoms with Crippen LogP contribution in [-0.4, -0.2) is 22.6 Å². The highest BCUT2D eigenvalue weighted by atomic mass is 16.5. The Kier molecular flexibility index (Phi) is 6.47. The van der Waals surface area contributed by atoms with Crippen LogP contribution in [0.5, 0.6) is 5.88 Å². The van der Waals surface area contributed by atoms with Crippen LogP contribution in [0.4, 0.5) is 5.82 Å². The Morgan fingerprint density at radius 3 is 2.61 bits per heavy atom. The van der Waals surface area contributed by atoms with Gasteiger partial charge in [0.25, 0.3) is 0 Å². The van der Waals surface area contributed by atoms with E-state index >= 15 is 0 Å². The van der Waals surface area contributed by atoms with Gasteiger partial charge in [-0.15, -0.1) is 0 Å². The lowest BCUT2D eigenvalue weighted by atomic mass is 10.2. The third-order valence-corrected chi connectivity index (χ3v) is 2.81. The molecule has 0 spiro atoms. The zero-order chi connectivity index (χ0) is 13.4. The van der Waals surface area contributed by atoms with Crippen molar-refractivity contribution in [1.82, 2.24) is 9.97 Å². The highest BCUT2D eigenvalue weighted by Gasteiger charge is 2.13. The van der Waals surface area contributed by atoms with E-state index in [1.807, 2.05) is 0 Å². The zero-order valence-electron chi connectivity index (χ0n) is 12.0. The van der Waals surface area contributed by atoms with Gasteiger partial charge in [0, 0.05) is 6.54 Å². The lowest BCUT2D eigenvalue weighted by molar-refractivity contribution is 0.199. The molecule has 1 aromatic rings. The average Bonchev–Trinajstić information content (AvgIpc) is 2.36. The largest absolute Gasteiger partial charge is 0.474 e. The van der Waals surface area contributed by atoms with Gasteiger partial charge in [0.05, 0.1) is 11.7 Å². The fourth-order valence-corrected chi connectivity index (χ4v) is 1.87. The van der Waals surface area contributed by atoms with Gasteiger partial charge < -0.3 is 10.1 Å². The summed E-state index contributed by atoms with van der Waals surface area (Å²) in [5.74, 6) is 1.64. The highest BCUT2D eigenvalue weighted by Crippen LogP contribution is 2.24. The molecular weight excluding hydrogens is 226 g/mol. The van der Waals surface area contributed by atoms with Gasteiger partial charge in [-0.3, -0.25) is 0 Å². The van der Waals surface area contributed by atoms with Gasteiger partial charge in [-0.05, 0) is 26.2 Å². The molecule has 1 heterocycles. The molecule has 0 saturated heterocycles. The molecule has 1 rings (SSSR count). The Hall–Kier alpha value is -1.32. The van der Waals surface area contributed by atoms with Crippen LogP contribution in [0, 0.1) is 0 Å². The average molecular weight is 251 g/mol. The summed E-state index contributed by atoms with van der Waals surface area (Å²) < 4.78 is 5.91. The second-order valence-corrected chi connectivity index (χ2v) is 4.50. The molecule has 102 valence electrons. The molecule has 4 heteroatoms. The molecule has 0 amide bonds. The van der Waals surface area contributed by atoms with E-state index in [2.05, 4.69) is 43.0 Å². The van der Waals surface area contributed by atoms with Crippen molar-refractivity contribution in [2.45, 2.75) is 59.5 Å². The molecule has 0 aliphatic carbocycles. The number of hydrogen-bond acceptors (Lipinski definition) is 4. The van der Waals surface area contributed by atoms with Gasteiger partial charge in [-0.1, -0.05) is 27.2 Å². The Labute approximate surface area is 110 Å². The predicted molar refractivity (Wildman–Crippen MR) is 75.2 cm³/mol. The molecule has 0 saturated carbocycles. The number of nitrogens with one attached hydrogen (secondary N) is 1. The molecular formula is C14H25N3O. The van der Waals surface area contributed by atoms with E-state index in [0.29, 0.717) is 0 Å². The minimum Gasteiger partial charge on any atom is -0.474 e. The van der Waals surface area contributed by atoms with E-state index in [-0.39, 0.29) is 6.10 Å². The SMILES string of the molecule is CCCNc1ncnc(OC(C)CCC)c1CC. The number of nitrogens with zero attached hydrogens (tertiary/aromatic N) is 2. The van der Waals surface area contributed by atoms with E-state index in [4.69, 9.17) is 4.74 Å². The fourth-order valence-electron chi connectivity index (χ4n) is 1.87. The molecule has 1 atom stereocenters. The minimum atomic E-state index is 0.203. The maximum absolute atomic E-state index is 5.91. The summed E-state index contributed by atoms with van der Waals surface area (Å²) in [7, 11) is 0. The topological polar surface area (TPSA) is 47.0 Å². The first-order valence-electron chi connectivity index (χ1n) is 6.97. The molecule has 4 nitrogen and oxygen atoms in total. The quantitative estimate of drug-likeness (QED) is 0.769. The predicted octanol–water partition coefficient (Wildman–Crippen LogP) is 3.43. The van der Waals surface area contributed by atoms with Crippen molar-refractivity contribution in [3.8, 4) is 5.88 Å². The maximum Gasteiger partial charge on any atom is 0.222 e. The first kappa shape index (κ1) is 14.7. The van der Waals surface area contributed by atoms with Gasteiger partial charge in [0.2, 0.25) is 5.88 Å². The van der Waals surface area contributed by atoms with E-state index < -0.39 is 0 Å². The molecule has 0 radical (unpaired) electrons. The molecule has 0 bridgehead atoms. The number of hydrogen-bond donors (Lipinski definition) is 1. The summed E-state index contributed by atoms with van der Waals surface area (Å²) in [5.41, 5.74) is 1.08. The molecule has 1 unspecified atom stereocenters. The second-order valence-electron chi connectivity index (χ2n) is 4.50. The lowest BCUT2D eigenvalue weighted by Gasteiger charge is -2.17. The van der Waals surface area contributed by atoms with Crippen LogP contribution >= 0.6 is 0 Å². The van der Waals surface area contributed by atoms with Gasteiger partial charge in [0.1, 0.15) is 12.1 Å². The third-order valence-electron chi connectivity index (χ3n) is 2.81. The Morgan fingerprint density at radius 2 is 2.00 bits per heavy atom. The van der Waals surface area contributed by atoms with Crippen LogP contribution < -0.4 is 10.1 Å². The van der Waals surface area contributed by atoms with Gasteiger partial charge >= 0.3 is 0 Å². The van der Waals surface area contributed by atoms with Crippen molar-refractivity contribution >= 4 is 5.82 Å². The molecule has 0 aliphatic heterocycles. The standard InChI is InChI=1S/C14H25N3O/c1-5-8-11(4)18-14-12(7-3)13(15-9-6-2)16-10-17-14/h10-11H,5-9H2,1-4H3,(H,15,16,17). The number of ether oxygens (including phenoxy) is 1. The van der Waals surface area contributed by atoms with E-state index in [1.54, 1.807) is 6.33 Å². The van der Waals surface area contributed by atoms with Gasteiger partial charge in [0.15, 0.2) is 0 Å². The molecule has 0 aromatic carbocycles. The summed E-state index contributed by atoms with van der Waals surface area (Å²) in [6, 6.07) is 0. The highest BCUT2D eigenvalue weighted by molar-refractivity contribution is 5.48. The first-order valence-corrected chi connectivity index (χ1v) is 6.97. The summed E-state index contributed by atoms with van der Waals surface area (Å²) in [5, 5.41) is 3.33. The Bertz CT molecular complexity index is 355. The Morgan fingerprint density at radius 1 is 1.22 bits per heavy atom. The monoisotopic (exact) mass is 251 g/mol.